The average molecular weight is 359 g/mol. The highest BCUT2D eigenvalue weighted by molar-refractivity contribution is 7.98. The monoisotopic (exact) mass is 358 g/mol. The molecule has 1 N–H and O–H groups in total. The smallest absolute Gasteiger partial charge is 0.228 e. The lowest BCUT2D eigenvalue weighted by atomic mass is 9.84. The molecule has 1 aliphatic rings. The number of benzene rings is 1. The van der Waals surface area contributed by atoms with Crippen molar-refractivity contribution < 1.29 is 4.79 Å². The van der Waals surface area contributed by atoms with E-state index in [2.05, 4.69) is 39.1 Å². The van der Waals surface area contributed by atoms with Crippen LogP contribution in [-0.2, 0) is 17.9 Å². The second kappa shape index (κ2) is 8.52. The summed E-state index contributed by atoms with van der Waals surface area (Å²) in [7, 11) is 0. The van der Waals surface area contributed by atoms with E-state index in [1.54, 1.807) is 11.8 Å². The summed E-state index contributed by atoms with van der Waals surface area (Å²) in [5, 5.41) is 12.4. The van der Waals surface area contributed by atoms with Gasteiger partial charge in [-0.2, -0.15) is 0 Å². The number of nitrogens with zero attached hydrogens (tertiary/aromatic N) is 3. The van der Waals surface area contributed by atoms with Crippen molar-refractivity contribution in [2.75, 3.05) is 6.26 Å². The predicted octanol–water partition coefficient (Wildman–Crippen LogP) is 3.61. The van der Waals surface area contributed by atoms with Gasteiger partial charge < -0.3 is 9.88 Å². The van der Waals surface area contributed by atoms with Crippen LogP contribution in [0.15, 0.2) is 35.5 Å². The maximum Gasteiger partial charge on any atom is 0.228 e. The summed E-state index contributed by atoms with van der Waals surface area (Å²) in [6, 6.07) is 10.2. The number of thioether (sulfide) groups is 1. The number of hydrogen-bond donors (Lipinski definition) is 1. The second-order valence-corrected chi connectivity index (χ2v) is 7.27. The maximum atomic E-state index is 13.0. The quantitative estimate of drug-likeness (QED) is 0.768. The Morgan fingerprint density at radius 2 is 2.00 bits per heavy atom. The van der Waals surface area contributed by atoms with E-state index in [0.29, 0.717) is 12.5 Å². The third-order valence-corrected chi connectivity index (χ3v) is 5.69. The van der Waals surface area contributed by atoms with Crippen LogP contribution in [-0.4, -0.2) is 26.9 Å². The van der Waals surface area contributed by atoms with Crippen molar-refractivity contribution in [2.24, 2.45) is 5.92 Å². The largest absolute Gasteiger partial charge is 0.348 e. The lowest BCUT2D eigenvalue weighted by Gasteiger charge is -2.23. The Kier molecular flexibility index (Phi) is 6.13. The minimum Gasteiger partial charge on any atom is -0.348 e. The van der Waals surface area contributed by atoms with Crippen molar-refractivity contribution in [1.82, 2.24) is 20.1 Å². The fourth-order valence-corrected chi connectivity index (χ4v) is 4.36. The molecule has 0 spiro atoms. The van der Waals surface area contributed by atoms with Gasteiger partial charge >= 0.3 is 0 Å². The highest BCUT2D eigenvalue weighted by Crippen LogP contribution is 2.37. The standard InChI is InChI=1S/C19H26N4OS/c1-3-23-16(21-22-19(23)25-2)13-20-18(24)17(15-11-7-8-12-15)14-9-5-4-6-10-14/h4-6,9-10,15,17H,3,7-8,11-13H2,1-2H3,(H,20,24). The van der Waals surface area contributed by atoms with Crippen molar-refractivity contribution in [2.45, 2.75) is 56.8 Å². The highest BCUT2D eigenvalue weighted by atomic mass is 32.2. The lowest BCUT2D eigenvalue weighted by Crippen LogP contribution is -2.33. The second-order valence-electron chi connectivity index (χ2n) is 6.50. The van der Waals surface area contributed by atoms with Gasteiger partial charge in [0.25, 0.3) is 0 Å². The molecule has 5 nitrogen and oxygen atoms in total. The van der Waals surface area contributed by atoms with Gasteiger partial charge in [0.2, 0.25) is 5.91 Å². The van der Waals surface area contributed by atoms with Crippen molar-refractivity contribution in [3.63, 3.8) is 0 Å². The molecule has 1 amide bonds. The summed E-state index contributed by atoms with van der Waals surface area (Å²) in [4.78, 5) is 13.0. The summed E-state index contributed by atoms with van der Waals surface area (Å²) in [6.07, 6.45) is 6.71. The van der Waals surface area contributed by atoms with E-state index in [4.69, 9.17) is 0 Å². The molecule has 0 aliphatic heterocycles. The number of carbonyl (C=O) groups is 1. The van der Waals surface area contributed by atoms with E-state index in [1.165, 1.54) is 12.8 Å². The fraction of sp³-hybridized carbons (Fsp3) is 0.526. The molecule has 6 heteroatoms. The highest BCUT2D eigenvalue weighted by Gasteiger charge is 2.32. The molecule has 2 aromatic rings. The van der Waals surface area contributed by atoms with Crippen LogP contribution in [0.5, 0.6) is 0 Å². The zero-order chi connectivity index (χ0) is 17.6. The van der Waals surface area contributed by atoms with Crippen LogP contribution >= 0.6 is 11.8 Å². The molecule has 1 fully saturated rings. The van der Waals surface area contributed by atoms with Crippen molar-refractivity contribution in [1.29, 1.82) is 0 Å². The summed E-state index contributed by atoms with van der Waals surface area (Å²) >= 11 is 1.58. The average Bonchev–Trinajstić information content (AvgIpc) is 3.30. The molecule has 1 atom stereocenters. The number of hydrogen-bond acceptors (Lipinski definition) is 4. The molecule has 1 aromatic carbocycles. The fourth-order valence-electron chi connectivity index (χ4n) is 3.78. The van der Waals surface area contributed by atoms with Crippen LogP contribution < -0.4 is 5.32 Å². The molecule has 3 rings (SSSR count). The molecule has 1 saturated carbocycles. The first kappa shape index (κ1) is 18.0. The third kappa shape index (κ3) is 4.06. The van der Waals surface area contributed by atoms with Crippen LogP contribution in [0.4, 0.5) is 0 Å². The summed E-state index contributed by atoms with van der Waals surface area (Å²) in [5.41, 5.74) is 1.12. The van der Waals surface area contributed by atoms with E-state index >= 15 is 0 Å². The van der Waals surface area contributed by atoms with Crippen molar-refractivity contribution >= 4 is 17.7 Å². The van der Waals surface area contributed by atoms with E-state index in [0.717, 1.165) is 35.9 Å². The van der Waals surface area contributed by atoms with Crippen molar-refractivity contribution in [3.8, 4) is 0 Å². The van der Waals surface area contributed by atoms with Crippen LogP contribution in [0.2, 0.25) is 0 Å². The van der Waals surface area contributed by atoms with Crippen LogP contribution in [0, 0.1) is 5.92 Å². The lowest BCUT2D eigenvalue weighted by molar-refractivity contribution is -0.124. The third-order valence-electron chi connectivity index (χ3n) is 5.03. The Morgan fingerprint density at radius 3 is 2.64 bits per heavy atom. The topological polar surface area (TPSA) is 59.8 Å². The first-order valence-corrected chi connectivity index (χ1v) is 10.3. The van der Waals surface area contributed by atoms with Gasteiger partial charge in [-0.1, -0.05) is 54.9 Å². The molecule has 25 heavy (non-hydrogen) atoms. The Labute approximate surface area is 153 Å². The maximum absolute atomic E-state index is 13.0. The van der Waals surface area contributed by atoms with Crippen molar-refractivity contribution in [3.05, 3.63) is 41.7 Å². The summed E-state index contributed by atoms with van der Waals surface area (Å²) in [6.45, 7) is 3.30. The Bertz CT molecular complexity index is 695. The predicted molar refractivity (Wildman–Crippen MR) is 100 cm³/mol. The number of carbonyl (C=O) groups excluding carboxylic acids is 1. The Balaban J connectivity index is 1.74. The van der Waals surface area contributed by atoms with Crippen LogP contribution in [0.25, 0.3) is 0 Å². The van der Waals surface area contributed by atoms with Gasteiger partial charge in [-0.15, -0.1) is 10.2 Å². The van der Waals surface area contributed by atoms with Gasteiger partial charge in [0.05, 0.1) is 12.5 Å². The molecule has 0 bridgehead atoms. The normalized spacial score (nSPS) is 16.1. The number of amides is 1. The first-order chi connectivity index (χ1) is 12.2. The van der Waals surface area contributed by atoms with E-state index < -0.39 is 0 Å². The Morgan fingerprint density at radius 1 is 1.28 bits per heavy atom. The number of nitrogens with one attached hydrogen (secondary N) is 1. The van der Waals surface area contributed by atoms with Gasteiger partial charge in [0, 0.05) is 6.54 Å². The molecule has 134 valence electrons. The van der Waals surface area contributed by atoms with Gasteiger partial charge in [0.1, 0.15) is 0 Å². The van der Waals surface area contributed by atoms with E-state index in [1.807, 2.05) is 24.5 Å². The number of rotatable bonds is 7. The molecular weight excluding hydrogens is 332 g/mol. The van der Waals surface area contributed by atoms with Gasteiger partial charge in [0.15, 0.2) is 11.0 Å². The summed E-state index contributed by atoms with van der Waals surface area (Å²) in [5.74, 6) is 1.29. The number of aromatic nitrogens is 3. The first-order valence-electron chi connectivity index (χ1n) is 9.03. The van der Waals surface area contributed by atoms with Gasteiger partial charge in [-0.05, 0) is 37.5 Å². The molecular formula is C19H26N4OS. The van der Waals surface area contributed by atoms with Crippen LogP contribution in [0.1, 0.15) is 49.9 Å². The minimum atomic E-state index is -0.0679. The van der Waals surface area contributed by atoms with Gasteiger partial charge in [-0.25, -0.2) is 0 Å². The van der Waals surface area contributed by atoms with E-state index in [-0.39, 0.29) is 11.8 Å². The molecule has 0 radical (unpaired) electrons. The Hall–Kier alpha value is -1.82. The molecule has 1 aromatic heterocycles. The molecule has 0 saturated heterocycles. The van der Waals surface area contributed by atoms with Crippen LogP contribution in [0.3, 0.4) is 0 Å². The zero-order valence-corrected chi connectivity index (χ0v) is 15.8. The zero-order valence-electron chi connectivity index (χ0n) is 14.9. The minimum absolute atomic E-state index is 0.0679. The van der Waals surface area contributed by atoms with Gasteiger partial charge in [-0.3, -0.25) is 4.79 Å². The molecule has 1 unspecified atom stereocenters. The molecule has 1 heterocycles. The SMILES string of the molecule is CCn1c(CNC(=O)C(c2ccccc2)C2CCCC2)nnc1SC. The molecule has 1 aliphatic carbocycles. The van der Waals surface area contributed by atoms with E-state index in [9.17, 15) is 4.79 Å². The summed E-state index contributed by atoms with van der Waals surface area (Å²) < 4.78 is 2.05.